The lowest BCUT2D eigenvalue weighted by atomic mass is 9.98. The Labute approximate surface area is 109 Å². The second kappa shape index (κ2) is 6.55. The first kappa shape index (κ1) is 14.7. The Morgan fingerprint density at radius 3 is 2.33 bits per heavy atom. The molecule has 3 nitrogen and oxygen atoms in total. The van der Waals surface area contributed by atoms with E-state index in [1.165, 1.54) is 12.5 Å². The maximum atomic E-state index is 10.8. The number of rotatable bonds is 7. The normalized spacial score (nSPS) is 11.3. The molecule has 100 valence electrons. The number of ketones is 1. The van der Waals surface area contributed by atoms with E-state index in [2.05, 4.69) is 13.8 Å². The summed E-state index contributed by atoms with van der Waals surface area (Å²) in [5.41, 5.74) is 1.15. The number of carbonyl (C=O) groups excluding carboxylic acids is 1. The highest BCUT2D eigenvalue weighted by atomic mass is 16.5. The van der Waals surface area contributed by atoms with E-state index >= 15 is 0 Å². The van der Waals surface area contributed by atoms with Gasteiger partial charge in [0.2, 0.25) is 0 Å². The third-order valence-electron chi connectivity index (χ3n) is 2.93. The monoisotopic (exact) mass is 250 g/mol. The fourth-order valence-electron chi connectivity index (χ4n) is 1.48. The fourth-order valence-corrected chi connectivity index (χ4v) is 1.48. The van der Waals surface area contributed by atoms with Crippen LogP contribution in [-0.4, -0.2) is 25.1 Å². The van der Waals surface area contributed by atoms with Crippen molar-refractivity contribution in [2.24, 2.45) is 0 Å². The Hall–Kier alpha value is -1.35. The summed E-state index contributed by atoms with van der Waals surface area (Å²) in [6.45, 7) is 5.81. The van der Waals surface area contributed by atoms with Crippen LogP contribution in [0.1, 0.15) is 32.8 Å². The van der Waals surface area contributed by atoms with Gasteiger partial charge in [0, 0.05) is 7.11 Å². The number of carbonyl (C=O) groups is 1. The van der Waals surface area contributed by atoms with Gasteiger partial charge in [-0.2, -0.15) is 0 Å². The Balaban J connectivity index is 2.47. The molecule has 0 N–H and O–H groups in total. The summed E-state index contributed by atoms with van der Waals surface area (Å²) in [6, 6.07) is 7.86. The first-order valence-corrected chi connectivity index (χ1v) is 6.19. The molecule has 0 spiro atoms. The summed E-state index contributed by atoms with van der Waals surface area (Å²) in [4.78, 5) is 10.8. The van der Waals surface area contributed by atoms with Crippen LogP contribution in [-0.2, 0) is 16.0 Å². The molecule has 0 fully saturated rings. The molecular formula is C15H22O3. The van der Waals surface area contributed by atoms with Gasteiger partial charge in [-0.15, -0.1) is 0 Å². The van der Waals surface area contributed by atoms with Crippen LogP contribution in [0.4, 0.5) is 0 Å². The van der Waals surface area contributed by atoms with Gasteiger partial charge in [-0.1, -0.05) is 12.1 Å². The lowest BCUT2D eigenvalue weighted by molar-refractivity contribution is -0.118. The highest BCUT2D eigenvalue weighted by molar-refractivity contribution is 5.77. The van der Waals surface area contributed by atoms with Crippen molar-refractivity contribution in [1.29, 1.82) is 0 Å². The summed E-state index contributed by atoms with van der Waals surface area (Å²) in [7, 11) is 1.73. The molecule has 0 amide bonds. The van der Waals surface area contributed by atoms with Crippen molar-refractivity contribution < 1.29 is 14.3 Å². The second-order valence-corrected chi connectivity index (χ2v) is 5.10. The molecule has 18 heavy (non-hydrogen) atoms. The minimum absolute atomic E-state index is 0.0286. The molecule has 0 aliphatic rings. The summed E-state index contributed by atoms with van der Waals surface area (Å²) in [5.74, 6) is 0.765. The number of hydrogen-bond donors (Lipinski definition) is 0. The summed E-state index contributed by atoms with van der Waals surface area (Å²) in [6.07, 6.45) is 1.94. The van der Waals surface area contributed by atoms with Crippen LogP contribution in [0.5, 0.6) is 5.75 Å². The van der Waals surface area contributed by atoms with Gasteiger partial charge in [0.25, 0.3) is 0 Å². The van der Waals surface area contributed by atoms with Crippen molar-refractivity contribution in [3.8, 4) is 5.75 Å². The van der Waals surface area contributed by atoms with Gasteiger partial charge >= 0.3 is 0 Å². The van der Waals surface area contributed by atoms with Crippen LogP contribution in [0, 0.1) is 0 Å². The van der Waals surface area contributed by atoms with Crippen LogP contribution >= 0.6 is 0 Å². The Morgan fingerprint density at radius 1 is 1.22 bits per heavy atom. The predicted molar refractivity (Wildman–Crippen MR) is 72.0 cm³/mol. The van der Waals surface area contributed by atoms with E-state index in [0.29, 0.717) is 0 Å². The van der Waals surface area contributed by atoms with Gasteiger partial charge in [-0.25, -0.2) is 0 Å². The lowest BCUT2D eigenvalue weighted by Gasteiger charge is -2.22. The molecule has 1 aromatic rings. The Bertz CT molecular complexity index is 379. The van der Waals surface area contributed by atoms with Crippen molar-refractivity contribution in [3.05, 3.63) is 29.8 Å². The van der Waals surface area contributed by atoms with Gasteiger partial charge in [-0.05, 0) is 51.3 Å². The maximum Gasteiger partial charge on any atom is 0.167 e. The number of hydrogen-bond acceptors (Lipinski definition) is 3. The van der Waals surface area contributed by atoms with Gasteiger partial charge in [0.15, 0.2) is 5.78 Å². The molecule has 0 unspecified atom stereocenters. The van der Waals surface area contributed by atoms with Crippen molar-refractivity contribution in [2.75, 3.05) is 13.7 Å². The topological polar surface area (TPSA) is 35.5 Å². The number of benzene rings is 1. The number of methoxy groups -OCH3 is 1. The first-order valence-electron chi connectivity index (χ1n) is 6.19. The lowest BCUT2D eigenvalue weighted by Crippen LogP contribution is -2.22. The van der Waals surface area contributed by atoms with Gasteiger partial charge in [0.1, 0.15) is 12.4 Å². The Morgan fingerprint density at radius 2 is 1.83 bits per heavy atom. The van der Waals surface area contributed by atoms with Gasteiger partial charge < -0.3 is 9.47 Å². The van der Waals surface area contributed by atoms with E-state index in [1.54, 1.807) is 7.11 Å². The van der Waals surface area contributed by atoms with Crippen molar-refractivity contribution in [2.45, 2.75) is 39.2 Å². The maximum absolute atomic E-state index is 10.8. The molecule has 1 aromatic carbocycles. The zero-order valence-corrected chi connectivity index (χ0v) is 11.7. The number of aryl methyl sites for hydroxylation is 1. The molecular weight excluding hydrogens is 228 g/mol. The van der Waals surface area contributed by atoms with Gasteiger partial charge in [-0.3, -0.25) is 4.79 Å². The molecule has 0 heterocycles. The molecule has 0 radical (unpaired) electrons. The molecule has 0 saturated heterocycles. The molecule has 3 heteroatoms. The predicted octanol–water partition coefficient (Wildman–Crippen LogP) is 3.01. The molecule has 0 saturated carbocycles. The third kappa shape index (κ3) is 5.32. The van der Waals surface area contributed by atoms with Crippen LogP contribution in [0.15, 0.2) is 24.3 Å². The van der Waals surface area contributed by atoms with E-state index < -0.39 is 0 Å². The van der Waals surface area contributed by atoms with Crippen LogP contribution in [0.2, 0.25) is 0 Å². The highest BCUT2D eigenvalue weighted by Crippen LogP contribution is 2.19. The third-order valence-corrected chi connectivity index (χ3v) is 2.93. The number of Topliss-reactive ketones (excluding diaryl/α,β-unsaturated/α-hetero) is 1. The number of ether oxygens (including phenoxy) is 2. The first-order chi connectivity index (χ1) is 8.43. The van der Waals surface area contributed by atoms with Crippen LogP contribution < -0.4 is 4.74 Å². The minimum Gasteiger partial charge on any atom is -0.486 e. The van der Waals surface area contributed by atoms with Gasteiger partial charge in [0.05, 0.1) is 5.60 Å². The van der Waals surface area contributed by atoms with Crippen molar-refractivity contribution in [1.82, 2.24) is 0 Å². The molecule has 1 rings (SSSR count). The smallest absolute Gasteiger partial charge is 0.167 e. The minimum atomic E-state index is -0.0935. The van der Waals surface area contributed by atoms with E-state index in [0.717, 1.165) is 18.6 Å². The van der Waals surface area contributed by atoms with E-state index in [1.807, 2.05) is 24.3 Å². The zero-order valence-electron chi connectivity index (χ0n) is 11.7. The standard InChI is InChI=1S/C15H22O3/c1-12(16)11-18-14-7-5-13(6-8-14)9-10-15(2,3)17-4/h5-8H,9-11H2,1-4H3. The molecule has 0 bridgehead atoms. The van der Waals surface area contributed by atoms with Crippen molar-refractivity contribution >= 4 is 5.78 Å². The summed E-state index contributed by atoms with van der Waals surface area (Å²) in [5, 5.41) is 0. The SMILES string of the molecule is COC(C)(C)CCc1ccc(OCC(C)=O)cc1. The molecule has 0 aliphatic heterocycles. The van der Waals surface area contributed by atoms with E-state index in [9.17, 15) is 4.79 Å². The second-order valence-electron chi connectivity index (χ2n) is 5.10. The average molecular weight is 250 g/mol. The van der Waals surface area contributed by atoms with Crippen molar-refractivity contribution in [3.63, 3.8) is 0 Å². The molecule has 0 atom stereocenters. The molecule has 0 aromatic heterocycles. The highest BCUT2D eigenvalue weighted by Gasteiger charge is 2.15. The average Bonchev–Trinajstić information content (AvgIpc) is 2.35. The van der Waals surface area contributed by atoms with Crippen LogP contribution in [0.25, 0.3) is 0 Å². The van der Waals surface area contributed by atoms with E-state index in [-0.39, 0.29) is 18.0 Å². The Kier molecular flexibility index (Phi) is 5.35. The van der Waals surface area contributed by atoms with E-state index in [4.69, 9.17) is 9.47 Å². The summed E-state index contributed by atoms with van der Waals surface area (Å²) >= 11 is 0. The molecule has 0 aliphatic carbocycles. The van der Waals surface area contributed by atoms with Crippen LogP contribution in [0.3, 0.4) is 0 Å². The largest absolute Gasteiger partial charge is 0.486 e. The zero-order chi connectivity index (χ0) is 13.6. The fraction of sp³-hybridized carbons (Fsp3) is 0.533. The summed E-state index contributed by atoms with van der Waals surface area (Å²) < 4.78 is 10.7. The quantitative estimate of drug-likeness (QED) is 0.746.